The quantitative estimate of drug-likeness (QED) is 0.857. The molecule has 0 saturated heterocycles. The molecule has 0 aromatic carbocycles. The van der Waals surface area contributed by atoms with Crippen LogP contribution in [0.5, 0.6) is 0 Å². The molecule has 1 fully saturated rings. The first-order chi connectivity index (χ1) is 7.18. The van der Waals surface area contributed by atoms with Gasteiger partial charge in [0, 0.05) is 12.6 Å². The van der Waals surface area contributed by atoms with E-state index in [0.29, 0.717) is 5.41 Å². The van der Waals surface area contributed by atoms with Crippen molar-refractivity contribution in [2.45, 2.75) is 32.6 Å². The predicted molar refractivity (Wildman–Crippen MR) is 64.8 cm³/mol. The van der Waals surface area contributed by atoms with Crippen LogP contribution in [0, 0.1) is 5.41 Å². The molecule has 0 amide bonds. The third-order valence-electron chi connectivity index (χ3n) is 3.14. The molecule has 1 saturated carbocycles. The second-order valence-electron chi connectivity index (χ2n) is 4.60. The Balaban J connectivity index is 1.92. The molecule has 0 unspecified atom stereocenters. The Hall–Kier alpha value is -0.640. The van der Waals surface area contributed by atoms with Crippen LogP contribution >= 0.6 is 15.9 Å². The number of anilines is 1. The van der Waals surface area contributed by atoms with Crippen LogP contribution in [0.15, 0.2) is 17.0 Å². The van der Waals surface area contributed by atoms with Crippen LogP contribution in [-0.2, 0) is 0 Å². The third kappa shape index (κ3) is 2.91. The minimum atomic E-state index is 0.456. The highest BCUT2D eigenvalue weighted by molar-refractivity contribution is 9.10. The van der Waals surface area contributed by atoms with E-state index in [-0.39, 0.29) is 0 Å². The molecule has 1 heterocycles. The molecular weight excluding hydrogens is 254 g/mol. The van der Waals surface area contributed by atoms with Crippen molar-refractivity contribution in [3.63, 3.8) is 0 Å². The zero-order chi connectivity index (χ0) is 10.7. The zero-order valence-corrected chi connectivity index (χ0v) is 10.5. The molecule has 1 N–H and O–H groups in total. The highest BCUT2D eigenvalue weighted by Gasteiger charge is 2.28. The molecule has 4 heteroatoms. The van der Waals surface area contributed by atoms with E-state index in [4.69, 9.17) is 0 Å². The molecule has 2 rings (SSSR count). The summed E-state index contributed by atoms with van der Waals surface area (Å²) in [6, 6.07) is 1.91. The van der Waals surface area contributed by atoms with Crippen molar-refractivity contribution in [3.8, 4) is 0 Å². The highest BCUT2D eigenvalue weighted by atomic mass is 79.9. The van der Waals surface area contributed by atoms with Crippen LogP contribution in [0.3, 0.4) is 0 Å². The van der Waals surface area contributed by atoms with Crippen LogP contribution < -0.4 is 5.32 Å². The number of nitrogens with one attached hydrogen (secondary N) is 1. The van der Waals surface area contributed by atoms with Crippen molar-refractivity contribution < 1.29 is 0 Å². The summed E-state index contributed by atoms with van der Waals surface area (Å²) in [6.07, 6.45) is 6.96. The van der Waals surface area contributed by atoms with E-state index >= 15 is 0 Å². The molecule has 82 valence electrons. The maximum absolute atomic E-state index is 4.18. The Morgan fingerprint density at radius 3 is 2.80 bits per heavy atom. The third-order valence-corrected chi connectivity index (χ3v) is 3.57. The normalized spacial score (nSPS) is 19.1. The van der Waals surface area contributed by atoms with E-state index in [1.165, 1.54) is 25.7 Å². The monoisotopic (exact) mass is 269 g/mol. The van der Waals surface area contributed by atoms with Crippen LogP contribution in [0.25, 0.3) is 0 Å². The van der Waals surface area contributed by atoms with Gasteiger partial charge in [-0.25, -0.2) is 9.97 Å². The summed E-state index contributed by atoms with van der Waals surface area (Å²) in [6.45, 7) is 3.36. The van der Waals surface area contributed by atoms with E-state index in [9.17, 15) is 0 Å². The molecule has 1 aromatic rings. The molecule has 0 radical (unpaired) electrons. The summed E-state index contributed by atoms with van der Waals surface area (Å²) in [4.78, 5) is 8.18. The first-order valence-electron chi connectivity index (χ1n) is 5.39. The summed E-state index contributed by atoms with van der Waals surface area (Å²) in [5.74, 6) is 0.907. The van der Waals surface area contributed by atoms with Crippen molar-refractivity contribution in [2.24, 2.45) is 5.41 Å². The van der Waals surface area contributed by atoms with Gasteiger partial charge in [-0.2, -0.15) is 0 Å². The Morgan fingerprint density at radius 1 is 1.40 bits per heavy atom. The number of aromatic nitrogens is 2. The molecule has 0 bridgehead atoms. The smallest absolute Gasteiger partial charge is 0.130 e. The Morgan fingerprint density at radius 2 is 2.13 bits per heavy atom. The summed E-state index contributed by atoms with van der Waals surface area (Å²) in [5.41, 5.74) is 0.456. The second kappa shape index (κ2) is 4.47. The molecule has 1 aliphatic rings. The number of rotatable bonds is 3. The van der Waals surface area contributed by atoms with E-state index in [2.05, 4.69) is 38.1 Å². The van der Waals surface area contributed by atoms with Crippen molar-refractivity contribution in [1.82, 2.24) is 9.97 Å². The van der Waals surface area contributed by atoms with Gasteiger partial charge in [0.05, 0.1) is 0 Å². The van der Waals surface area contributed by atoms with Gasteiger partial charge in [0.2, 0.25) is 0 Å². The Kier molecular flexibility index (Phi) is 3.24. The van der Waals surface area contributed by atoms with Crippen molar-refractivity contribution in [3.05, 3.63) is 17.0 Å². The molecule has 3 nitrogen and oxygen atoms in total. The van der Waals surface area contributed by atoms with Crippen LogP contribution in [0.1, 0.15) is 32.6 Å². The maximum atomic E-state index is 4.18. The molecule has 0 atom stereocenters. The fraction of sp³-hybridized carbons (Fsp3) is 0.636. The van der Waals surface area contributed by atoms with Crippen molar-refractivity contribution in [2.75, 3.05) is 11.9 Å². The van der Waals surface area contributed by atoms with Gasteiger partial charge in [0.15, 0.2) is 0 Å². The lowest BCUT2D eigenvalue weighted by atomic mass is 9.89. The van der Waals surface area contributed by atoms with Gasteiger partial charge in [-0.05, 0) is 34.2 Å². The van der Waals surface area contributed by atoms with Gasteiger partial charge in [-0.15, -0.1) is 0 Å². The number of hydrogen-bond donors (Lipinski definition) is 1. The van der Waals surface area contributed by atoms with Gasteiger partial charge in [0.1, 0.15) is 16.7 Å². The topological polar surface area (TPSA) is 37.8 Å². The minimum absolute atomic E-state index is 0.456. The van der Waals surface area contributed by atoms with E-state index in [0.717, 1.165) is 17.0 Å². The Labute approximate surface area is 98.8 Å². The molecule has 1 aromatic heterocycles. The second-order valence-corrected chi connectivity index (χ2v) is 5.41. The van der Waals surface area contributed by atoms with Gasteiger partial charge in [-0.3, -0.25) is 0 Å². The van der Waals surface area contributed by atoms with Crippen LogP contribution in [-0.4, -0.2) is 16.5 Å². The largest absolute Gasteiger partial charge is 0.369 e. The molecule has 1 aliphatic carbocycles. The van der Waals surface area contributed by atoms with Crippen LogP contribution in [0.2, 0.25) is 0 Å². The number of hydrogen-bond acceptors (Lipinski definition) is 3. The lowest BCUT2D eigenvalue weighted by Crippen LogP contribution is -2.23. The standard InChI is InChI=1S/C11H16BrN3/c1-11(4-2-3-5-11)7-13-10-6-9(12)14-8-15-10/h6,8H,2-5,7H2,1H3,(H,13,14,15). The predicted octanol–water partition coefficient (Wildman–Crippen LogP) is 3.23. The summed E-state index contributed by atoms with van der Waals surface area (Å²) >= 11 is 3.34. The first-order valence-corrected chi connectivity index (χ1v) is 6.19. The summed E-state index contributed by atoms with van der Waals surface area (Å²) < 4.78 is 0.830. The average Bonchev–Trinajstić information content (AvgIpc) is 2.63. The van der Waals surface area contributed by atoms with E-state index < -0.39 is 0 Å². The lowest BCUT2D eigenvalue weighted by molar-refractivity contribution is 0.361. The fourth-order valence-corrected chi connectivity index (χ4v) is 2.45. The van der Waals surface area contributed by atoms with Crippen LogP contribution in [0.4, 0.5) is 5.82 Å². The van der Waals surface area contributed by atoms with E-state index in [1.807, 2.05) is 6.07 Å². The van der Waals surface area contributed by atoms with E-state index in [1.54, 1.807) is 6.33 Å². The Bertz CT molecular complexity index is 334. The SMILES string of the molecule is CC1(CNc2cc(Br)ncn2)CCCC1. The maximum Gasteiger partial charge on any atom is 0.130 e. The number of nitrogens with zero attached hydrogens (tertiary/aromatic N) is 2. The molecule has 0 aliphatic heterocycles. The first kappa shape index (κ1) is 10.9. The summed E-state index contributed by atoms with van der Waals surface area (Å²) in [7, 11) is 0. The zero-order valence-electron chi connectivity index (χ0n) is 8.96. The van der Waals surface area contributed by atoms with Crippen molar-refractivity contribution in [1.29, 1.82) is 0 Å². The molecule has 0 spiro atoms. The lowest BCUT2D eigenvalue weighted by Gasteiger charge is -2.23. The minimum Gasteiger partial charge on any atom is -0.369 e. The fourth-order valence-electron chi connectivity index (χ4n) is 2.14. The molecule has 15 heavy (non-hydrogen) atoms. The van der Waals surface area contributed by atoms with Gasteiger partial charge >= 0.3 is 0 Å². The van der Waals surface area contributed by atoms with Gasteiger partial charge in [0.25, 0.3) is 0 Å². The van der Waals surface area contributed by atoms with Gasteiger partial charge < -0.3 is 5.32 Å². The number of halogens is 1. The highest BCUT2D eigenvalue weighted by Crippen LogP contribution is 2.37. The summed E-state index contributed by atoms with van der Waals surface area (Å²) in [5, 5.41) is 3.39. The van der Waals surface area contributed by atoms with Gasteiger partial charge in [-0.1, -0.05) is 19.8 Å². The average molecular weight is 270 g/mol. The molecular formula is C11H16BrN3. The van der Waals surface area contributed by atoms with Crippen molar-refractivity contribution >= 4 is 21.7 Å².